The van der Waals surface area contributed by atoms with Crippen molar-refractivity contribution >= 4 is 17.2 Å². The fraction of sp³-hybridized carbons (Fsp3) is 0.118. The lowest BCUT2D eigenvalue weighted by molar-refractivity contribution is 0.0711. The van der Waals surface area contributed by atoms with Crippen LogP contribution >= 0.6 is 0 Å². The van der Waals surface area contributed by atoms with Gasteiger partial charge in [-0.05, 0) is 11.6 Å². The first-order valence-electron chi connectivity index (χ1n) is 6.62. The number of hydrogen-bond donors (Lipinski definition) is 0. The van der Waals surface area contributed by atoms with Crippen LogP contribution < -0.4 is 0 Å². The second-order valence-electron chi connectivity index (χ2n) is 4.96. The third kappa shape index (κ3) is 1.47. The molecule has 2 heterocycles. The Morgan fingerprint density at radius 2 is 1.85 bits per heavy atom. The van der Waals surface area contributed by atoms with Gasteiger partial charge in [0.15, 0.2) is 6.29 Å². The van der Waals surface area contributed by atoms with Gasteiger partial charge in [0.25, 0.3) is 0 Å². The summed E-state index contributed by atoms with van der Waals surface area (Å²) in [5.41, 5.74) is 4.97. The molecule has 3 heteroatoms. The molecule has 2 aromatic carbocycles. The number of fused-ring (bicyclic) bond motifs is 5. The molecule has 3 nitrogen and oxygen atoms in total. The van der Waals surface area contributed by atoms with Gasteiger partial charge in [0.1, 0.15) is 6.73 Å². The molecule has 0 saturated carbocycles. The van der Waals surface area contributed by atoms with Crippen LogP contribution in [-0.4, -0.2) is 10.9 Å². The number of aromatic nitrogens is 1. The van der Waals surface area contributed by atoms with E-state index in [1.807, 2.05) is 36.4 Å². The standard InChI is InChI=1S/C17H13NO2/c19-9-15-14-7-3-4-8-16(14)18-11-20-10-12-5-1-2-6-13(12)17(15)18/h1-9H,10-11H2. The van der Waals surface area contributed by atoms with Crippen LogP contribution in [0.4, 0.5) is 0 Å². The van der Waals surface area contributed by atoms with E-state index < -0.39 is 0 Å². The molecule has 0 atom stereocenters. The average Bonchev–Trinajstić information content (AvgIpc) is 2.69. The van der Waals surface area contributed by atoms with Crippen LogP contribution in [0.5, 0.6) is 0 Å². The van der Waals surface area contributed by atoms with Gasteiger partial charge in [-0.25, -0.2) is 0 Å². The largest absolute Gasteiger partial charge is 0.356 e. The number of aldehydes is 1. The molecule has 0 unspecified atom stereocenters. The first-order chi connectivity index (χ1) is 9.90. The molecular formula is C17H13NO2. The lowest BCUT2D eigenvalue weighted by Gasteiger charge is -2.07. The number of para-hydroxylation sites is 1. The van der Waals surface area contributed by atoms with E-state index in [-0.39, 0.29) is 0 Å². The van der Waals surface area contributed by atoms with Crippen molar-refractivity contribution in [3.63, 3.8) is 0 Å². The van der Waals surface area contributed by atoms with Gasteiger partial charge in [0.2, 0.25) is 0 Å². The van der Waals surface area contributed by atoms with Gasteiger partial charge in [-0.2, -0.15) is 0 Å². The Balaban J connectivity index is 2.18. The van der Waals surface area contributed by atoms with Gasteiger partial charge in [0.05, 0.1) is 17.8 Å². The predicted octanol–water partition coefficient (Wildman–Crippen LogP) is 3.61. The summed E-state index contributed by atoms with van der Waals surface area (Å²) in [7, 11) is 0. The molecule has 0 spiro atoms. The Labute approximate surface area is 116 Å². The summed E-state index contributed by atoms with van der Waals surface area (Å²) >= 11 is 0. The third-order valence-corrected chi connectivity index (χ3v) is 3.88. The summed E-state index contributed by atoms with van der Waals surface area (Å²) in [5, 5.41) is 0.984. The van der Waals surface area contributed by atoms with E-state index in [1.165, 1.54) is 0 Å². The van der Waals surface area contributed by atoms with Crippen molar-refractivity contribution in [1.82, 2.24) is 4.57 Å². The summed E-state index contributed by atoms with van der Waals surface area (Å²) in [6.45, 7) is 1.04. The van der Waals surface area contributed by atoms with Crippen molar-refractivity contribution in [2.24, 2.45) is 0 Å². The van der Waals surface area contributed by atoms with Crippen LogP contribution in [-0.2, 0) is 18.1 Å². The van der Waals surface area contributed by atoms with Gasteiger partial charge >= 0.3 is 0 Å². The minimum atomic E-state index is 0.471. The molecule has 3 aromatic rings. The Bertz CT molecular complexity index is 817. The van der Waals surface area contributed by atoms with Crippen molar-refractivity contribution in [3.8, 4) is 11.3 Å². The van der Waals surface area contributed by atoms with Gasteiger partial charge < -0.3 is 9.30 Å². The Morgan fingerprint density at radius 1 is 1.05 bits per heavy atom. The first-order valence-corrected chi connectivity index (χ1v) is 6.62. The summed E-state index contributed by atoms with van der Waals surface area (Å²) in [4.78, 5) is 11.6. The minimum absolute atomic E-state index is 0.471. The molecule has 0 amide bonds. The molecule has 0 aliphatic carbocycles. The van der Waals surface area contributed by atoms with E-state index in [9.17, 15) is 4.79 Å². The fourth-order valence-corrected chi connectivity index (χ4v) is 3.00. The van der Waals surface area contributed by atoms with Gasteiger partial charge in [-0.3, -0.25) is 4.79 Å². The quantitative estimate of drug-likeness (QED) is 0.628. The van der Waals surface area contributed by atoms with Crippen molar-refractivity contribution in [3.05, 3.63) is 59.7 Å². The maximum atomic E-state index is 11.6. The topological polar surface area (TPSA) is 31.2 Å². The highest BCUT2D eigenvalue weighted by Gasteiger charge is 2.22. The summed E-state index contributed by atoms with van der Waals surface area (Å²) in [5.74, 6) is 0. The van der Waals surface area contributed by atoms with E-state index in [2.05, 4.69) is 16.7 Å². The van der Waals surface area contributed by atoms with Crippen molar-refractivity contribution in [2.75, 3.05) is 0 Å². The molecule has 1 aliphatic heterocycles. The molecule has 0 radical (unpaired) electrons. The zero-order valence-corrected chi connectivity index (χ0v) is 10.9. The van der Waals surface area contributed by atoms with Crippen molar-refractivity contribution < 1.29 is 9.53 Å². The minimum Gasteiger partial charge on any atom is -0.356 e. The fourth-order valence-electron chi connectivity index (χ4n) is 3.00. The second kappa shape index (κ2) is 4.32. The Hall–Kier alpha value is -2.39. The Morgan fingerprint density at radius 3 is 2.75 bits per heavy atom. The van der Waals surface area contributed by atoms with Crippen LogP contribution in [0.3, 0.4) is 0 Å². The lowest BCUT2D eigenvalue weighted by Crippen LogP contribution is -2.00. The SMILES string of the molecule is O=Cc1c2n(c3ccccc13)COCc1ccccc1-2. The highest BCUT2D eigenvalue weighted by atomic mass is 16.5. The van der Waals surface area contributed by atoms with E-state index in [0.717, 1.165) is 39.6 Å². The molecule has 1 aliphatic rings. The van der Waals surface area contributed by atoms with Gasteiger partial charge in [-0.15, -0.1) is 0 Å². The number of ether oxygens (including phenoxy) is 1. The van der Waals surface area contributed by atoms with E-state index >= 15 is 0 Å². The summed E-state index contributed by atoms with van der Waals surface area (Å²) in [6.07, 6.45) is 0.955. The van der Waals surface area contributed by atoms with Crippen LogP contribution in [0.2, 0.25) is 0 Å². The molecule has 0 N–H and O–H groups in total. The van der Waals surface area contributed by atoms with E-state index in [1.54, 1.807) is 0 Å². The summed E-state index contributed by atoms with van der Waals surface area (Å²) in [6, 6.07) is 16.1. The van der Waals surface area contributed by atoms with E-state index in [4.69, 9.17) is 4.74 Å². The number of hydrogen-bond acceptors (Lipinski definition) is 2. The zero-order valence-electron chi connectivity index (χ0n) is 10.9. The molecule has 1 aromatic heterocycles. The highest BCUT2D eigenvalue weighted by Crippen LogP contribution is 2.36. The molecule has 0 saturated heterocycles. The van der Waals surface area contributed by atoms with Crippen molar-refractivity contribution in [2.45, 2.75) is 13.3 Å². The highest BCUT2D eigenvalue weighted by molar-refractivity contribution is 6.05. The number of carbonyl (C=O) groups is 1. The number of nitrogens with zero attached hydrogens (tertiary/aromatic N) is 1. The maximum Gasteiger partial charge on any atom is 0.152 e. The van der Waals surface area contributed by atoms with Crippen LogP contribution in [0.25, 0.3) is 22.2 Å². The number of benzene rings is 2. The average molecular weight is 263 g/mol. The van der Waals surface area contributed by atoms with Crippen LogP contribution in [0, 0.1) is 0 Å². The smallest absolute Gasteiger partial charge is 0.152 e. The molecule has 0 fully saturated rings. The normalized spacial score (nSPS) is 13.6. The summed E-state index contributed by atoms with van der Waals surface area (Å²) < 4.78 is 7.85. The van der Waals surface area contributed by atoms with Crippen LogP contribution in [0.15, 0.2) is 48.5 Å². The zero-order chi connectivity index (χ0) is 13.5. The molecule has 20 heavy (non-hydrogen) atoms. The van der Waals surface area contributed by atoms with Crippen molar-refractivity contribution in [1.29, 1.82) is 0 Å². The molecular weight excluding hydrogens is 250 g/mol. The molecule has 0 bridgehead atoms. The first kappa shape index (κ1) is 11.4. The predicted molar refractivity (Wildman–Crippen MR) is 77.6 cm³/mol. The van der Waals surface area contributed by atoms with Gasteiger partial charge in [-0.1, -0.05) is 42.5 Å². The maximum absolute atomic E-state index is 11.6. The monoisotopic (exact) mass is 263 g/mol. The van der Waals surface area contributed by atoms with Gasteiger partial charge in [0, 0.05) is 16.5 Å². The Kier molecular flexibility index (Phi) is 2.47. The lowest BCUT2D eigenvalue weighted by atomic mass is 10.0. The number of carbonyl (C=O) groups excluding carboxylic acids is 1. The molecule has 98 valence electrons. The number of rotatable bonds is 1. The van der Waals surface area contributed by atoms with Crippen LogP contribution in [0.1, 0.15) is 15.9 Å². The molecule has 4 rings (SSSR count). The second-order valence-corrected chi connectivity index (χ2v) is 4.96. The third-order valence-electron chi connectivity index (χ3n) is 3.88. The van der Waals surface area contributed by atoms with E-state index in [0.29, 0.717) is 13.3 Å².